The average Bonchev–Trinajstić information content (AvgIpc) is 2.76. The molecule has 0 saturated carbocycles. The Kier molecular flexibility index (Phi) is 4.71. The third kappa shape index (κ3) is 2.71. The lowest BCUT2D eigenvalue weighted by molar-refractivity contribution is -0.114. The minimum absolute atomic E-state index is 0.0164. The Hall–Kier alpha value is -1.36. The number of fused-ring (bicyclic) bond motifs is 1. The zero-order valence-corrected chi connectivity index (χ0v) is 14.2. The first-order valence-electron chi connectivity index (χ1n) is 7.12. The largest absolute Gasteiger partial charge is 0.497 e. The summed E-state index contributed by atoms with van der Waals surface area (Å²) in [6.07, 6.45) is 1.89. The molecule has 4 nitrogen and oxygen atoms in total. The second kappa shape index (κ2) is 6.18. The summed E-state index contributed by atoms with van der Waals surface area (Å²) in [5.41, 5.74) is 1.12. The van der Waals surface area contributed by atoms with Crippen LogP contribution in [0.3, 0.4) is 0 Å². The van der Waals surface area contributed by atoms with Gasteiger partial charge in [-0.25, -0.2) is 0 Å². The summed E-state index contributed by atoms with van der Waals surface area (Å²) in [6.45, 7) is 4.78. The molecule has 0 radical (unpaired) electrons. The molecule has 0 spiro atoms. The van der Waals surface area contributed by atoms with E-state index in [4.69, 9.17) is 4.74 Å². The third-order valence-corrected chi connectivity index (χ3v) is 5.65. The molecular weight excluding hydrogens is 334 g/mol. The number of amides is 1. The van der Waals surface area contributed by atoms with Gasteiger partial charge >= 0.3 is 0 Å². The fourth-order valence-electron chi connectivity index (χ4n) is 2.60. The highest BCUT2D eigenvalue weighted by Crippen LogP contribution is 2.37. The van der Waals surface area contributed by atoms with Gasteiger partial charge < -0.3 is 9.64 Å². The summed E-state index contributed by atoms with van der Waals surface area (Å²) in [6, 6.07) is 5.22. The molecule has 5 heteroatoms. The highest BCUT2D eigenvalue weighted by atomic mass is 79.9. The van der Waals surface area contributed by atoms with E-state index in [2.05, 4.69) is 29.8 Å². The summed E-state index contributed by atoms with van der Waals surface area (Å²) < 4.78 is 5.13. The van der Waals surface area contributed by atoms with E-state index in [-0.39, 0.29) is 5.41 Å². The highest BCUT2D eigenvalue weighted by molar-refractivity contribution is 9.09. The molecule has 0 atom stereocenters. The SMILES string of the molecule is CCC(CC)(CBr)CN1C(=O)C(=O)c2cc(OC)ccc21. The number of ketones is 1. The Morgan fingerprint density at radius 2 is 1.90 bits per heavy atom. The quantitative estimate of drug-likeness (QED) is 0.581. The van der Waals surface area contributed by atoms with Gasteiger partial charge in [0, 0.05) is 11.9 Å². The number of ether oxygens (including phenoxy) is 1. The molecule has 1 heterocycles. The number of hydrogen-bond donors (Lipinski definition) is 0. The molecule has 1 aliphatic rings. The Labute approximate surface area is 133 Å². The van der Waals surface area contributed by atoms with Crippen molar-refractivity contribution in [3.8, 4) is 5.75 Å². The number of halogens is 1. The number of hydrogen-bond acceptors (Lipinski definition) is 3. The summed E-state index contributed by atoms with van der Waals surface area (Å²) in [7, 11) is 1.55. The van der Waals surface area contributed by atoms with Crippen LogP contribution in [0.5, 0.6) is 5.75 Å². The van der Waals surface area contributed by atoms with Crippen LogP contribution >= 0.6 is 15.9 Å². The Balaban J connectivity index is 2.39. The Morgan fingerprint density at radius 3 is 2.43 bits per heavy atom. The zero-order chi connectivity index (χ0) is 15.6. The van der Waals surface area contributed by atoms with Crippen molar-refractivity contribution in [2.75, 3.05) is 23.9 Å². The van der Waals surface area contributed by atoms with Crippen molar-refractivity contribution in [1.82, 2.24) is 0 Å². The standard InChI is InChI=1S/C16H20BrNO3/c1-4-16(5-2,9-17)10-18-13-7-6-11(21-3)8-12(13)14(19)15(18)20/h6-8H,4-5,9-10H2,1-3H3. The predicted molar refractivity (Wildman–Crippen MR) is 86.5 cm³/mol. The van der Waals surface area contributed by atoms with Crippen LogP contribution in [-0.4, -0.2) is 30.7 Å². The number of anilines is 1. The topological polar surface area (TPSA) is 46.6 Å². The van der Waals surface area contributed by atoms with Crippen molar-refractivity contribution in [3.05, 3.63) is 23.8 Å². The molecule has 0 unspecified atom stereocenters. The highest BCUT2D eigenvalue weighted by Gasteiger charge is 2.40. The molecule has 1 aromatic rings. The van der Waals surface area contributed by atoms with Crippen molar-refractivity contribution in [1.29, 1.82) is 0 Å². The summed E-state index contributed by atoms with van der Waals surface area (Å²) in [5.74, 6) is -0.292. The average molecular weight is 354 g/mol. The van der Waals surface area contributed by atoms with Crippen molar-refractivity contribution >= 4 is 33.3 Å². The number of alkyl halides is 1. The number of Topliss-reactive ketones (excluding diaryl/α,β-unsaturated/α-hetero) is 1. The van der Waals surface area contributed by atoms with Gasteiger partial charge in [-0.2, -0.15) is 0 Å². The van der Waals surface area contributed by atoms with Gasteiger partial charge in [-0.05, 0) is 36.5 Å². The fraction of sp³-hybridized carbons (Fsp3) is 0.500. The second-order valence-electron chi connectivity index (χ2n) is 5.44. The first-order chi connectivity index (χ1) is 10.0. The van der Waals surface area contributed by atoms with Crippen LogP contribution < -0.4 is 9.64 Å². The molecule has 1 aliphatic heterocycles. The Morgan fingerprint density at radius 1 is 1.24 bits per heavy atom. The van der Waals surface area contributed by atoms with Crippen molar-refractivity contribution in [3.63, 3.8) is 0 Å². The third-order valence-electron chi connectivity index (χ3n) is 4.46. The van der Waals surface area contributed by atoms with Gasteiger partial charge in [-0.15, -0.1) is 0 Å². The van der Waals surface area contributed by atoms with E-state index in [1.807, 2.05) is 0 Å². The molecular formula is C16H20BrNO3. The maximum atomic E-state index is 12.3. The van der Waals surface area contributed by atoms with Gasteiger partial charge in [-0.1, -0.05) is 29.8 Å². The van der Waals surface area contributed by atoms with Gasteiger partial charge in [0.1, 0.15) is 5.75 Å². The number of methoxy groups -OCH3 is 1. The smallest absolute Gasteiger partial charge is 0.299 e. The van der Waals surface area contributed by atoms with E-state index in [0.717, 1.165) is 18.2 Å². The molecule has 0 bridgehead atoms. The summed E-state index contributed by atoms with van der Waals surface area (Å²) in [4.78, 5) is 26.1. The molecule has 0 aliphatic carbocycles. The van der Waals surface area contributed by atoms with E-state index in [1.54, 1.807) is 30.2 Å². The second-order valence-corrected chi connectivity index (χ2v) is 6.00. The first-order valence-corrected chi connectivity index (χ1v) is 8.24. The van der Waals surface area contributed by atoms with Crippen LogP contribution in [0.4, 0.5) is 5.69 Å². The van der Waals surface area contributed by atoms with Crippen molar-refractivity contribution in [2.45, 2.75) is 26.7 Å². The fourth-order valence-corrected chi connectivity index (χ4v) is 3.57. The van der Waals surface area contributed by atoms with E-state index >= 15 is 0 Å². The van der Waals surface area contributed by atoms with E-state index in [1.165, 1.54) is 0 Å². The van der Waals surface area contributed by atoms with Crippen molar-refractivity contribution < 1.29 is 14.3 Å². The van der Waals surface area contributed by atoms with Gasteiger partial charge in [0.25, 0.3) is 11.7 Å². The van der Waals surface area contributed by atoms with Gasteiger partial charge in [-0.3, -0.25) is 9.59 Å². The van der Waals surface area contributed by atoms with Gasteiger partial charge in [0.2, 0.25) is 0 Å². The minimum atomic E-state index is -0.445. The van der Waals surface area contributed by atoms with Crippen LogP contribution in [0.2, 0.25) is 0 Å². The monoisotopic (exact) mass is 353 g/mol. The molecule has 1 aromatic carbocycles. The van der Waals surface area contributed by atoms with E-state index < -0.39 is 11.7 Å². The molecule has 0 aromatic heterocycles. The van der Waals surface area contributed by atoms with Gasteiger partial charge in [0.15, 0.2) is 0 Å². The van der Waals surface area contributed by atoms with Gasteiger partial charge in [0.05, 0.1) is 18.4 Å². The molecule has 21 heavy (non-hydrogen) atoms. The molecule has 0 fully saturated rings. The number of rotatable bonds is 6. The Bertz CT molecular complexity index is 558. The normalized spacial score (nSPS) is 14.6. The minimum Gasteiger partial charge on any atom is -0.497 e. The lowest BCUT2D eigenvalue weighted by Crippen LogP contribution is -2.41. The van der Waals surface area contributed by atoms with Crippen LogP contribution in [0, 0.1) is 5.41 Å². The number of carbonyl (C=O) groups is 2. The first kappa shape index (κ1) is 16.0. The molecule has 0 saturated heterocycles. The maximum Gasteiger partial charge on any atom is 0.299 e. The van der Waals surface area contributed by atoms with E-state index in [9.17, 15) is 9.59 Å². The summed E-state index contributed by atoms with van der Waals surface area (Å²) >= 11 is 3.56. The molecule has 0 N–H and O–H groups in total. The lowest BCUT2D eigenvalue weighted by Gasteiger charge is -2.34. The number of benzene rings is 1. The molecule has 114 valence electrons. The zero-order valence-electron chi connectivity index (χ0n) is 12.6. The maximum absolute atomic E-state index is 12.3. The number of nitrogens with zero attached hydrogens (tertiary/aromatic N) is 1. The van der Waals surface area contributed by atoms with Crippen LogP contribution in [-0.2, 0) is 4.79 Å². The molecule has 2 rings (SSSR count). The van der Waals surface area contributed by atoms with Crippen LogP contribution in [0.15, 0.2) is 18.2 Å². The van der Waals surface area contributed by atoms with E-state index in [0.29, 0.717) is 23.5 Å². The summed E-state index contributed by atoms with van der Waals surface area (Å²) in [5, 5.41) is 0.802. The van der Waals surface area contributed by atoms with Crippen molar-refractivity contribution in [2.24, 2.45) is 5.41 Å². The molecule has 1 amide bonds. The predicted octanol–water partition coefficient (Wildman–Crippen LogP) is 3.43. The number of carbonyl (C=O) groups excluding carboxylic acids is 2. The van der Waals surface area contributed by atoms with Crippen LogP contribution in [0.25, 0.3) is 0 Å². The lowest BCUT2D eigenvalue weighted by atomic mass is 9.84. The van der Waals surface area contributed by atoms with Crippen LogP contribution in [0.1, 0.15) is 37.0 Å².